The van der Waals surface area contributed by atoms with Crippen LogP contribution in [0.2, 0.25) is 0 Å². The zero-order chi connectivity index (χ0) is 23.8. The van der Waals surface area contributed by atoms with Crippen molar-refractivity contribution in [1.82, 2.24) is 0 Å². The Labute approximate surface area is 203 Å². The molecule has 34 heavy (non-hydrogen) atoms. The number of benzene rings is 4. The summed E-state index contributed by atoms with van der Waals surface area (Å²) < 4.78 is 5.14. The lowest BCUT2D eigenvalue weighted by molar-refractivity contribution is -0.115. The highest BCUT2D eigenvalue weighted by atomic mass is 32.2. The van der Waals surface area contributed by atoms with E-state index in [0.717, 1.165) is 16.3 Å². The average molecular weight is 469 g/mol. The van der Waals surface area contributed by atoms with Gasteiger partial charge in [0.05, 0.1) is 12.9 Å². The molecule has 0 radical (unpaired) electrons. The first-order valence-corrected chi connectivity index (χ1v) is 11.7. The number of hydrogen-bond acceptors (Lipinski definition) is 4. The Bertz CT molecular complexity index is 1210. The minimum absolute atomic E-state index is 0.0323. The van der Waals surface area contributed by atoms with E-state index >= 15 is 0 Å². The van der Waals surface area contributed by atoms with Crippen LogP contribution >= 0.6 is 11.8 Å². The SMILES string of the molecule is COc1ccc(C(=O)Nc2cccc(SCC(=O)N(c3ccccc3)c3ccccc3)c2)cc1. The standard InChI is InChI=1S/C28H24N2O3S/c1-33-25-17-15-21(16-18-25)28(32)29-22-9-8-14-26(19-22)34-20-27(31)30(23-10-4-2-5-11-23)24-12-6-3-7-13-24/h2-19H,20H2,1H3,(H,29,32). The molecular weight excluding hydrogens is 444 g/mol. The van der Waals surface area contributed by atoms with E-state index in [1.807, 2.05) is 84.9 Å². The van der Waals surface area contributed by atoms with Crippen LogP contribution in [0.15, 0.2) is 114 Å². The summed E-state index contributed by atoms with van der Waals surface area (Å²) in [6.45, 7) is 0. The summed E-state index contributed by atoms with van der Waals surface area (Å²) in [5, 5.41) is 2.91. The minimum Gasteiger partial charge on any atom is -0.497 e. The third kappa shape index (κ3) is 5.85. The van der Waals surface area contributed by atoms with Crippen molar-refractivity contribution in [1.29, 1.82) is 0 Å². The van der Waals surface area contributed by atoms with Crippen molar-refractivity contribution in [3.63, 3.8) is 0 Å². The van der Waals surface area contributed by atoms with Gasteiger partial charge < -0.3 is 10.1 Å². The molecule has 5 nitrogen and oxygen atoms in total. The van der Waals surface area contributed by atoms with Gasteiger partial charge in [-0.05, 0) is 66.7 Å². The predicted molar refractivity (Wildman–Crippen MR) is 138 cm³/mol. The van der Waals surface area contributed by atoms with Crippen molar-refractivity contribution in [2.75, 3.05) is 23.1 Å². The van der Waals surface area contributed by atoms with Crippen LogP contribution < -0.4 is 15.0 Å². The van der Waals surface area contributed by atoms with Gasteiger partial charge in [0, 0.05) is 27.5 Å². The molecule has 0 aromatic heterocycles. The summed E-state index contributed by atoms with van der Waals surface area (Å²) in [4.78, 5) is 28.4. The van der Waals surface area contributed by atoms with Crippen molar-refractivity contribution in [3.05, 3.63) is 115 Å². The Balaban J connectivity index is 1.44. The number of methoxy groups -OCH3 is 1. The summed E-state index contributed by atoms with van der Waals surface area (Å²) >= 11 is 1.43. The van der Waals surface area contributed by atoms with Crippen LogP contribution in [-0.2, 0) is 4.79 Å². The van der Waals surface area contributed by atoms with Gasteiger partial charge in [-0.1, -0.05) is 42.5 Å². The monoisotopic (exact) mass is 468 g/mol. The van der Waals surface area contributed by atoms with Crippen LogP contribution in [0, 0.1) is 0 Å². The molecule has 0 unspecified atom stereocenters. The fraction of sp³-hybridized carbons (Fsp3) is 0.0714. The van der Waals surface area contributed by atoms with Gasteiger partial charge in [0.1, 0.15) is 5.75 Å². The fourth-order valence-electron chi connectivity index (χ4n) is 3.41. The van der Waals surface area contributed by atoms with E-state index in [4.69, 9.17) is 4.74 Å². The van der Waals surface area contributed by atoms with Crippen molar-refractivity contribution in [3.8, 4) is 5.75 Å². The maximum atomic E-state index is 13.2. The summed E-state index contributed by atoms with van der Waals surface area (Å²) in [6, 6.07) is 33.6. The molecular formula is C28H24N2O3S. The van der Waals surface area contributed by atoms with E-state index in [1.165, 1.54) is 11.8 Å². The van der Waals surface area contributed by atoms with Crippen LogP contribution in [0.1, 0.15) is 10.4 Å². The fourth-order valence-corrected chi connectivity index (χ4v) is 4.21. The Morgan fingerprint density at radius 1 is 0.794 bits per heavy atom. The molecule has 0 saturated heterocycles. The summed E-state index contributed by atoms with van der Waals surface area (Å²) in [5.41, 5.74) is 2.84. The molecule has 0 spiro atoms. The number of carbonyl (C=O) groups excluding carboxylic acids is 2. The number of anilines is 3. The Kier molecular flexibility index (Phi) is 7.63. The second kappa shape index (κ2) is 11.2. The predicted octanol–water partition coefficient (Wildman–Crippen LogP) is 6.40. The zero-order valence-corrected chi connectivity index (χ0v) is 19.5. The number of carbonyl (C=O) groups is 2. The van der Waals surface area contributed by atoms with Gasteiger partial charge in [0.2, 0.25) is 5.91 Å². The molecule has 0 aliphatic heterocycles. The van der Waals surface area contributed by atoms with Gasteiger partial charge in [0.15, 0.2) is 0 Å². The van der Waals surface area contributed by atoms with E-state index in [9.17, 15) is 9.59 Å². The highest BCUT2D eigenvalue weighted by Crippen LogP contribution is 2.28. The number of rotatable bonds is 8. The third-order valence-electron chi connectivity index (χ3n) is 5.08. The van der Waals surface area contributed by atoms with Crippen molar-refractivity contribution in [2.45, 2.75) is 4.90 Å². The molecule has 4 aromatic rings. The third-order valence-corrected chi connectivity index (χ3v) is 6.06. The van der Waals surface area contributed by atoms with E-state index < -0.39 is 0 Å². The number of thioether (sulfide) groups is 1. The minimum atomic E-state index is -0.208. The van der Waals surface area contributed by atoms with Crippen molar-refractivity contribution in [2.24, 2.45) is 0 Å². The molecule has 1 N–H and O–H groups in total. The number of amides is 2. The van der Waals surface area contributed by atoms with Crippen LogP contribution in [0.5, 0.6) is 5.75 Å². The molecule has 0 heterocycles. The van der Waals surface area contributed by atoms with Gasteiger partial charge >= 0.3 is 0 Å². The molecule has 0 saturated carbocycles. The highest BCUT2D eigenvalue weighted by molar-refractivity contribution is 8.00. The van der Waals surface area contributed by atoms with Crippen LogP contribution in [0.25, 0.3) is 0 Å². The van der Waals surface area contributed by atoms with Gasteiger partial charge in [-0.25, -0.2) is 0 Å². The van der Waals surface area contributed by atoms with Crippen LogP contribution in [0.4, 0.5) is 17.1 Å². The lowest BCUT2D eigenvalue weighted by Crippen LogP contribution is -2.27. The maximum absolute atomic E-state index is 13.2. The molecule has 0 aliphatic carbocycles. The number of nitrogens with zero attached hydrogens (tertiary/aromatic N) is 1. The lowest BCUT2D eigenvalue weighted by Gasteiger charge is -2.23. The van der Waals surface area contributed by atoms with Crippen molar-refractivity contribution >= 4 is 40.6 Å². The topological polar surface area (TPSA) is 58.6 Å². The Hall–Kier alpha value is -4.03. The van der Waals surface area contributed by atoms with Crippen LogP contribution in [0.3, 0.4) is 0 Å². The molecule has 0 bridgehead atoms. The van der Waals surface area contributed by atoms with Gasteiger partial charge in [-0.15, -0.1) is 11.8 Å². The Morgan fingerprint density at radius 3 is 2.00 bits per heavy atom. The normalized spacial score (nSPS) is 10.4. The number of hydrogen-bond donors (Lipinski definition) is 1. The smallest absolute Gasteiger partial charge is 0.255 e. The van der Waals surface area contributed by atoms with E-state index in [-0.39, 0.29) is 17.6 Å². The molecule has 6 heteroatoms. The molecule has 0 fully saturated rings. The van der Waals surface area contributed by atoms with E-state index in [2.05, 4.69) is 5.32 Å². The van der Waals surface area contributed by atoms with E-state index in [0.29, 0.717) is 17.0 Å². The number of para-hydroxylation sites is 2. The van der Waals surface area contributed by atoms with Gasteiger partial charge in [-0.3, -0.25) is 14.5 Å². The first-order chi connectivity index (χ1) is 16.6. The molecule has 0 atom stereocenters. The maximum Gasteiger partial charge on any atom is 0.255 e. The molecule has 2 amide bonds. The Morgan fingerprint density at radius 2 is 1.41 bits per heavy atom. The zero-order valence-electron chi connectivity index (χ0n) is 18.7. The van der Waals surface area contributed by atoms with Crippen molar-refractivity contribution < 1.29 is 14.3 Å². The largest absolute Gasteiger partial charge is 0.497 e. The molecule has 170 valence electrons. The first-order valence-electron chi connectivity index (χ1n) is 10.8. The molecule has 0 aliphatic rings. The summed E-state index contributed by atoms with van der Waals surface area (Å²) in [6.07, 6.45) is 0. The highest BCUT2D eigenvalue weighted by Gasteiger charge is 2.18. The lowest BCUT2D eigenvalue weighted by atomic mass is 10.2. The average Bonchev–Trinajstić information content (AvgIpc) is 2.89. The first kappa shape index (κ1) is 23.1. The van der Waals surface area contributed by atoms with E-state index in [1.54, 1.807) is 36.3 Å². The summed E-state index contributed by atoms with van der Waals surface area (Å²) in [7, 11) is 1.59. The number of ether oxygens (including phenoxy) is 1. The molecule has 4 rings (SSSR count). The van der Waals surface area contributed by atoms with Crippen LogP contribution in [-0.4, -0.2) is 24.7 Å². The quantitative estimate of drug-likeness (QED) is 0.304. The second-order valence-electron chi connectivity index (χ2n) is 7.40. The molecule has 4 aromatic carbocycles. The van der Waals surface area contributed by atoms with Gasteiger partial charge in [-0.2, -0.15) is 0 Å². The summed E-state index contributed by atoms with van der Waals surface area (Å²) in [5.74, 6) is 0.703. The number of nitrogens with one attached hydrogen (secondary N) is 1. The van der Waals surface area contributed by atoms with Gasteiger partial charge in [0.25, 0.3) is 5.91 Å². The second-order valence-corrected chi connectivity index (χ2v) is 8.45.